The largest absolute Gasteiger partial charge is 0.323 e. The van der Waals surface area contributed by atoms with Crippen LogP contribution >= 0.6 is 11.6 Å². The molecule has 1 aromatic heterocycles. The molecular formula is C19H24ClN3O. The Morgan fingerprint density at radius 1 is 1.25 bits per heavy atom. The van der Waals surface area contributed by atoms with Gasteiger partial charge in [-0.05, 0) is 38.3 Å². The summed E-state index contributed by atoms with van der Waals surface area (Å²) in [6.07, 6.45) is 5.55. The zero-order chi connectivity index (χ0) is 17.1. The minimum absolute atomic E-state index is 0.137. The molecule has 0 aliphatic heterocycles. The second-order valence-electron chi connectivity index (χ2n) is 6.62. The number of aryl methyl sites for hydroxylation is 1. The van der Waals surface area contributed by atoms with E-state index in [0.29, 0.717) is 6.54 Å². The highest BCUT2D eigenvalue weighted by molar-refractivity contribution is 6.31. The summed E-state index contributed by atoms with van der Waals surface area (Å²) in [5, 5.41) is 8.44. The Balaban J connectivity index is 1.76. The first-order chi connectivity index (χ1) is 11.6. The lowest BCUT2D eigenvalue weighted by Crippen LogP contribution is -2.25. The maximum Gasteiger partial charge on any atom is 0.227 e. The first-order valence-electron chi connectivity index (χ1n) is 8.64. The van der Waals surface area contributed by atoms with E-state index < -0.39 is 0 Å². The number of aromatic nitrogens is 2. The van der Waals surface area contributed by atoms with Gasteiger partial charge in [-0.1, -0.05) is 49.1 Å². The van der Waals surface area contributed by atoms with Crippen molar-refractivity contribution >= 4 is 23.2 Å². The molecule has 1 heterocycles. The zero-order valence-corrected chi connectivity index (χ0v) is 15.1. The maximum atomic E-state index is 12.5. The highest BCUT2D eigenvalue weighted by Crippen LogP contribution is 2.27. The van der Waals surface area contributed by atoms with Crippen molar-refractivity contribution in [3.05, 3.63) is 46.2 Å². The van der Waals surface area contributed by atoms with E-state index in [0.717, 1.165) is 53.3 Å². The quantitative estimate of drug-likeness (QED) is 0.871. The average molecular weight is 346 g/mol. The molecule has 1 aliphatic carbocycles. The summed E-state index contributed by atoms with van der Waals surface area (Å²) < 4.78 is 1.91. The third-order valence-electron chi connectivity index (χ3n) is 4.88. The molecule has 4 nitrogen and oxygen atoms in total. The lowest BCUT2D eigenvalue weighted by atomic mass is 9.88. The lowest BCUT2D eigenvalue weighted by molar-refractivity contribution is -0.120. The summed E-state index contributed by atoms with van der Waals surface area (Å²) in [5.41, 5.74) is 3.69. The van der Waals surface area contributed by atoms with Crippen molar-refractivity contribution in [2.24, 2.45) is 5.92 Å². The Labute approximate surface area is 148 Å². The van der Waals surface area contributed by atoms with E-state index in [4.69, 9.17) is 11.6 Å². The van der Waals surface area contributed by atoms with Crippen molar-refractivity contribution in [2.75, 3.05) is 5.32 Å². The first kappa shape index (κ1) is 17.0. The third-order valence-corrected chi connectivity index (χ3v) is 5.25. The molecule has 0 spiro atoms. The molecule has 5 heteroatoms. The summed E-state index contributed by atoms with van der Waals surface area (Å²) in [6.45, 7) is 4.53. The molecule has 3 rings (SSSR count). The molecular weight excluding hydrogens is 322 g/mol. The summed E-state index contributed by atoms with van der Waals surface area (Å²) >= 11 is 6.25. The highest BCUT2D eigenvalue weighted by Gasteiger charge is 2.23. The van der Waals surface area contributed by atoms with Gasteiger partial charge in [0.25, 0.3) is 0 Å². The number of hydrogen-bond acceptors (Lipinski definition) is 2. The molecule has 0 atom stereocenters. The van der Waals surface area contributed by atoms with Crippen LogP contribution in [0.25, 0.3) is 0 Å². The standard InChI is InChI=1S/C19H24ClN3O/c1-13-18(21-19(24)15-8-4-3-5-9-15)14(2)23(22-13)12-16-10-6-7-11-17(16)20/h6-7,10-11,15H,3-5,8-9,12H2,1-2H3,(H,21,24). The van der Waals surface area contributed by atoms with Crippen molar-refractivity contribution in [3.63, 3.8) is 0 Å². The van der Waals surface area contributed by atoms with Crippen LogP contribution in [0.2, 0.25) is 5.02 Å². The van der Waals surface area contributed by atoms with Crippen LogP contribution in [0.15, 0.2) is 24.3 Å². The van der Waals surface area contributed by atoms with Crippen molar-refractivity contribution in [2.45, 2.75) is 52.5 Å². The van der Waals surface area contributed by atoms with E-state index >= 15 is 0 Å². The van der Waals surface area contributed by atoms with E-state index in [1.807, 2.05) is 42.8 Å². The van der Waals surface area contributed by atoms with E-state index in [-0.39, 0.29) is 11.8 Å². The fourth-order valence-electron chi connectivity index (χ4n) is 3.41. The third kappa shape index (κ3) is 3.64. The molecule has 0 radical (unpaired) electrons. The number of benzene rings is 1. The van der Waals surface area contributed by atoms with Crippen molar-refractivity contribution in [1.29, 1.82) is 0 Å². The number of anilines is 1. The Morgan fingerprint density at radius 2 is 1.96 bits per heavy atom. The molecule has 1 N–H and O–H groups in total. The average Bonchev–Trinajstić information content (AvgIpc) is 2.85. The number of nitrogens with zero attached hydrogens (tertiary/aromatic N) is 2. The van der Waals surface area contributed by atoms with Gasteiger partial charge in [0, 0.05) is 10.9 Å². The number of hydrogen-bond donors (Lipinski definition) is 1. The van der Waals surface area contributed by atoms with Crippen LogP contribution in [0.1, 0.15) is 49.1 Å². The van der Waals surface area contributed by atoms with Gasteiger partial charge in [0.2, 0.25) is 5.91 Å². The van der Waals surface area contributed by atoms with E-state index in [2.05, 4.69) is 10.4 Å². The predicted molar refractivity (Wildman–Crippen MR) is 97.5 cm³/mol. The molecule has 0 saturated heterocycles. The minimum Gasteiger partial charge on any atom is -0.323 e. The molecule has 24 heavy (non-hydrogen) atoms. The van der Waals surface area contributed by atoms with Crippen LogP contribution in [0.3, 0.4) is 0 Å². The Hall–Kier alpha value is -1.81. The summed E-state index contributed by atoms with van der Waals surface area (Å²) in [7, 11) is 0. The van der Waals surface area contributed by atoms with E-state index in [1.54, 1.807) is 0 Å². The molecule has 2 aromatic rings. The zero-order valence-electron chi connectivity index (χ0n) is 14.3. The lowest BCUT2D eigenvalue weighted by Gasteiger charge is -2.20. The van der Waals surface area contributed by atoms with Gasteiger partial charge in [0.1, 0.15) is 0 Å². The number of amides is 1. The highest BCUT2D eigenvalue weighted by atomic mass is 35.5. The fraction of sp³-hybridized carbons (Fsp3) is 0.474. The van der Waals surface area contributed by atoms with Crippen LogP contribution < -0.4 is 5.32 Å². The SMILES string of the molecule is Cc1nn(Cc2ccccc2Cl)c(C)c1NC(=O)C1CCCCC1. The predicted octanol–water partition coefficient (Wildman–Crippen LogP) is 4.72. The Bertz CT molecular complexity index is 732. The van der Waals surface area contributed by atoms with Gasteiger partial charge in [-0.2, -0.15) is 5.10 Å². The monoisotopic (exact) mass is 345 g/mol. The van der Waals surface area contributed by atoms with Gasteiger partial charge in [0.05, 0.1) is 23.6 Å². The molecule has 128 valence electrons. The Kier molecular flexibility index (Phi) is 5.24. The maximum absolute atomic E-state index is 12.5. The van der Waals surface area contributed by atoms with Gasteiger partial charge in [-0.15, -0.1) is 0 Å². The van der Waals surface area contributed by atoms with Crippen LogP contribution in [0.5, 0.6) is 0 Å². The topological polar surface area (TPSA) is 46.9 Å². The van der Waals surface area contributed by atoms with Crippen molar-refractivity contribution < 1.29 is 4.79 Å². The Morgan fingerprint density at radius 3 is 2.67 bits per heavy atom. The molecule has 1 aromatic carbocycles. The van der Waals surface area contributed by atoms with Gasteiger partial charge in [0.15, 0.2) is 0 Å². The number of halogens is 1. The van der Waals surface area contributed by atoms with Gasteiger partial charge < -0.3 is 5.32 Å². The smallest absolute Gasteiger partial charge is 0.227 e. The van der Waals surface area contributed by atoms with Crippen molar-refractivity contribution in [1.82, 2.24) is 9.78 Å². The summed E-state index contributed by atoms with van der Waals surface area (Å²) in [6, 6.07) is 7.77. The second kappa shape index (κ2) is 7.39. The molecule has 1 amide bonds. The number of nitrogens with one attached hydrogen (secondary N) is 1. The molecule has 1 saturated carbocycles. The summed E-state index contributed by atoms with van der Waals surface area (Å²) in [5.74, 6) is 0.280. The fourth-order valence-corrected chi connectivity index (χ4v) is 3.61. The minimum atomic E-state index is 0.137. The van der Waals surface area contributed by atoms with Crippen LogP contribution in [0, 0.1) is 19.8 Å². The van der Waals surface area contributed by atoms with Crippen LogP contribution in [-0.2, 0) is 11.3 Å². The van der Waals surface area contributed by atoms with Gasteiger partial charge in [-0.3, -0.25) is 9.48 Å². The van der Waals surface area contributed by atoms with E-state index in [9.17, 15) is 4.79 Å². The first-order valence-corrected chi connectivity index (χ1v) is 9.02. The normalized spacial score (nSPS) is 15.5. The molecule has 1 aliphatic rings. The molecule has 0 unspecified atom stereocenters. The van der Waals surface area contributed by atoms with E-state index in [1.165, 1.54) is 6.42 Å². The number of rotatable bonds is 4. The number of carbonyl (C=O) groups excluding carboxylic acids is 1. The van der Waals surface area contributed by atoms with Crippen LogP contribution in [-0.4, -0.2) is 15.7 Å². The van der Waals surface area contributed by atoms with Gasteiger partial charge in [-0.25, -0.2) is 0 Å². The molecule has 0 bridgehead atoms. The second-order valence-corrected chi connectivity index (χ2v) is 7.03. The van der Waals surface area contributed by atoms with Crippen molar-refractivity contribution in [3.8, 4) is 0 Å². The number of carbonyl (C=O) groups is 1. The van der Waals surface area contributed by atoms with Gasteiger partial charge >= 0.3 is 0 Å². The van der Waals surface area contributed by atoms with Crippen LogP contribution in [0.4, 0.5) is 5.69 Å². The summed E-state index contributed by atoms with van der Waals surface area (Å²) in [4.78, 5) is 12.5. The molecule has 1 fully saturated rings.